The van der Waals surface area contributed by atoms with Crippen LogP contribution in [0.3, 0.4) is 0 Å². The van der Waals surface area contributed by atoms with Crippen LogP contribution in [-0.2, 0) is 47.9 Å². The summed E-state index contributed by atoms with van der Waals surface area (Å²) in [7, 11) is 8.72. The van der Waals surface area contributed by atoms with Crippen molar-refractivity contribution in [3.8, 4) is 0 Å². The van der Waals surface area contributed by atoms with Gasteiger partial charge >= 0.3 is 15.1 Å². The molecule has 0 aromatic rings. The number of rotatable bonds is 3. The molecular weight excluding hydrogens is 368 g/mol. The zero-order valence-electron chi connectivity index (χ0n) is 12.1. The van der Waals surface area contributed by atoms with Gasteiger partial charge in [0.05, 0.1) is 0 Å². The van der Waals surface area contributed by atoms with Gasteiger partial charge in [-0.05, 0) is 0 Å². The normalized spacial score (nSPS) is 4.83. The topological polar surface area (TPSA) is 140 Å². The van der Waals surface area contributed by atoms with E-state index >= 15 is 0 Å². The van der Waals surface area contributed by atoms with E-state index in [1.165, 1.54) is 0 Å². The molecule has 0 atom stereocenters. The van der Waals surface area contributed by atoms with Gasteiger partial charge in [0, 0.05) is 86.3 Å². The maximum Gasteiger partial charge on any atom is 0.905 e. The van der Waals surface area contributed by atoms with Gasteiger partial charge in [-0.2, -0.15) is 0 Å². The van der Waals surface area contributed by atoms with Gasteiger partial charge in [-0.25, -0.2) is 0 Å². The standard InChI is InChI=1S/4CH4O.3CH3O.Al.Cu.H2O.Zn/c7*1-2;;;;/h4*2H,1H3;3*1H3;;;1H2;/q;;;;3*-1;+3;;;. The fraction of sp³-hybridized carbons (Fsp3) is 1.00. The first-order chi connectivity index (χ1) is 7.35. The van der Waals surface area contributed by atoms with Crippen molar-refractivity contribution >= 4 is 15.1 Å². The quantitative estimate of drug-likeness (QED) is 0.388. The van der Waals surface area contributed by atoms with E-state index in [1.807, 2.05) is 0 Å². The van der Waals surface area contributed by atoms with Gasteiger partial charge < -0.3 is 37.3 Å². The van der Waals surface area contributed by atoms with E-state index in [0.717, 1.165) is 28.4 Å². The van der Waals surface area contributed by atoms with Crippen LogP contribution in [0.25, 0.3) is 0 Å². The summed E-state index contributed by atoms with van der Waals surface area (Å²) in [6.07, 6.45) is 0. The minimum Gasteiger partial charge on any atom is -0.457 e. The first-order valence-corrected chi connectivity index (χ1v) is 5.13. The molecule has 0 bridgehead atoms. The summed E-state index contributed by atoms with van der Waals surface area (Å²) in [4.78, 5) is 0. The van der Waals surface area contributed by atoms with Crippen LogP contribution in [0.1, 0.15) is 0 Å². The summed E-state index contributed by atoms with van der Waals surface area (Å²) in [5.74, 6) is 0. The monoisotopic (exact) mass is 393 g/mol. The molecule has 0 heterocycles. The van der Waals surface area contributed by atoms with E-state index in [0.29, 0.717) is 0 Å². The zero-order valence-corrected chi connectivity index (χ0v) is 17.2. The van der Waals surface area contributed by atoms with Crippen LogP contribution in [0.15, 0.2) is 0 Å². The van der Waals surface area contributed by atoms with Gasteiger partial charge in [0.1, 0.15) is 0 Å². The smallest absolute Gasteiger partial charge is 0.457 e. The predicted molar refractivity (Wildman–Crippen MR) is 63.0 cm³/mol. The summed E-state index contributed by atoms with van der Waals surface area (Å²) >= 11 is -1.67. The molecule has 0 aliphatic carbocycles. The zero-order chi connectivity index (χ0) is 13.7. The van der Waals surface area contributed by atoms with Crippen molar-refractivity contribution in [1.82, 2.24) is 0 Å². The average Bonchev–Trinajstić information content (AvgIpc) is 2.41. The molecule has 0 rings (SSSR count). The van der Waals surface area contributed by atoms with E-state index in [1.54, 1.807) is 21.3 Å². The molecule has 0 aliphatic heterocycles. The first kappa shape index (κ1) is 50.6. The van der Waals surface area contributed by atoms with Crippen molar-refractivity contribution in [2.45, 2.75) is 0 Å². The average molecular weight is 395 g/mol. The van der Waals surface area contributed by atoms with Gasteiger partial charge in [0.2, 0.25) is 0 Å². The van der Waals surface area contributed by atoms with E-state index < -0.39 is 15.1 Å². The second-order valence-corrected chi connectivity index (χ2v) is 2.99. The van der Waals surface area contributed by atoms with Crippen LogP contribution in [0, 0.1) is 0 Å². The van der Waals surface area contributed by atoms with Crippen LogP contribution >= 0.6 is 0 Å². The van der Waals surface area contributed by atoms with Crippen LogP contribution < -0.4 is 0 Å². The molecule has 6 N–H and O–H groups in total. The molecule has 0 amide bonds. The van der Waals surface area contributed by atoms with Gasteiger partial charge in [0.15, 0.2) is 0 Å². The number of aliphatic hydroxyl groups excluding tert-OH is 4. The Bertz CT molecular complexity index is 52.9. The third kappa shape index (κ3) is 85.8. The molecule has 0 spiro atoms. The molecular formula is C7H27AlCuO8Zn. The molecule has 0 fully saturated rings. The van der Waals surface area contributed by atoms with Crippen molar-refractivity contribution in [2.75, 3.05) is 49.8 Å². The third-order valence-electron chi connectivity index (χ3n) is 0.577. The second-order valence-electron chi connectivity index (χ2n) is 0.996. The van der Waals surface area contributed by atoms with Gasteiger partial charge in [-0.15, -0.1) is 0 Å². The number of hydrogen-bond acceptors (Lipinski definition) is 7. The van der Waals surface area contributed by atoms with Crippen LogP contribution in [0.2, 0.25) is 0 Å². The molecule has 0 saturated heterocycles. The Hall–Kier alpha value is 1.36. The molecule has 0 aromatic heterocycles. The Balaban J connectivity index is -0.0000000133. The van der Waals surface area contributed by atoms with Crippen LogP contribution in [0.4, 0.5) is 0 Å². The van der Waals surface area contributed by atoms with Gasteiger partial charge in [-0.1, -0.05) is 0 Å². The molecule has 0 saturated carbocycles. The molecule has 11 heteroatoms. The Labute approximate surface area is 138 Å². The van der Waals surface area contributed by atoms with E-state index in [4.69, 9.17) is 31.8 Å². The maximum atomic E-state index is 7.00. The minimum absolute atomic E-state index is 0. The van der Waals surface area contributed by atoms with Crippen molar-refractivity contribution in [1.29, 1.82) is 0 Å². The van der Waals surface area contributed by atoms with Crippen molar-refractivity contribution in [3.63, 3.8) is 0 Å². The summed E-state index contributed by atoms with van der Waals surface area (Å²) in [5, 5.41) is 28.0. The Kier molecular flexibility index (Phi) is 287. The largest absolute Gasteiger partial charge is 0.905 e. The fourth-order valence-corrected chi connectivity index (χ4v) is 0.866. The van der Waals surface area contributed by atoms with E-state index in [2.05, 4.69) is 0 Å². The number of hydrogen-bond donors (Lipinski definition) is 4. The predicted octanol–water partition coefficient (Wildman–Crippen LogP) is -2.49. The van der Waals surface area contributed by atoms with E-state index in [-0.39, 0.29) is 42.0 Å². The summed E-state index contributed by atoms with van der Waals surface area (Å²) in [6.45, 7) is 0. The summed E-state index contributed by atoms with van der Waals surface area (Å²) in [6, 6.07) is 0. The van der Waals surface area contributed by atoms with Crippen molar-refractivity contribution in [2.24, 2.45) is 0 Å². The number of aliphatic hydroxyl groups is 4. The molecule has 0 aromatic carbocycles. The Morgan fingerprint density at radius 1 is 0.611 bits per heavy atom. The SMILES string of the molecule is CO.CO.CO.CO.C[O][Al]([O]C)[O]C.O.[Cu].[Zn]. The Morgan fingerprint density at radius 2 is 0.722 bits per heavy atom. The minimum atomic E-state index is -1.67. The molecule has 1 radical (unpaired) electrons. The second kappa shape index (κ2) is 102. The van der Waals surface area contributed by atoms with Crippen molar-refractivity contribution in [3.05, 3.63) is 0 Å². The van der Waals surface area contributed by atoms with Gasteiger partial charge in [0.25, 0.3) is 0 Å². The van der Waals surface area contributed by atoms with Crippen LogP contribution in [0.5, 0.6) is 0 Å². The molecule has 0 unspecified atom stereocenters. The summed E-state index contributed by atoms with van der Waals surface area (Å²) < 4.78 is 14.2. The van der Waals surface area contributed by atoms with Crippen LogP contribution in [-0.4, -0.2) is 90.8 Å². The third-order valence-corrected chi connectivity index (χ3v) is 1.73. The van der Waals surface area contributed by atoms with Crippen molar-refractivity contribution < 1.29 is 73.8 Å². The molecule has 0 aliphatic rings. The summed E-state index contributed by atoms with van der Waals surface area (Å²) in [5.41, 5.74) is 0. The first-order valence-electron chi connectivity index (χ1n) is 3.72. The molecule has 8 nitrogen and oxygen atoms in total. The Morgan fingerprint density at radius 3 is 0.722 bits per heavy atom. The van der Waals surface area contributed by atoms with E-state index in [9.17, 15) is 0 Å². The fourth-order valence-electron chi connectivity index (χ4n) is 0.289. The molecule has 119 valence electrons. The maximum absolute atomic E-state index is 7.00. The molecule has 18 heavy (non-hydrogen) atoms. The van der Waals surface area contributed by atoms with Gasteiger partial charge in [-0.3, -0.25) is 0 Å².